The van der Waals surface area contributed by atoms with Gasteiger partial charge in [-0.25, -0.2) is 0 Å². The molecule has 0 saturated carbocycles. The van der Waals surface area contributed by atoms with Gasteiger partial charge in [-0.15, -0.1) is 0 Å². The Morgan fingerprint density at radius 2 is 1.42 bits per heavy atom. The molecule has 2 heteroatoms. The van der Waals surface area contributed by atoms with Gasteiger partial charge in [0.25, 0.3) is 0 Å². The lowest BCUT2D eigenvalue weighted by Crippen LogP contribution is -2.32. The Bertz CT molecular complexity index is 837. The monoisotopic (exact) mass is 340 g/mol. The molecule has 0 radical (unpaired) electrons. The number of benzene rings is 2. The molecule has 0 N–H and O–H groups in total. The van der Waals surface area contributed by atoms with Gasteiger partial charge in [0.1, 0.15) is 0 Å². The number of fused-ring (bicyclic) bond motifs is 2. The van der Waals surface area contributed by atoms with Crippen LogP contribution < -0.4 is 0 Å². The maximum atomic E-state index is 8.74. The van der Waals surface area contributed by atoms with Crippen LogP contribution in [0.15, 0.2) is 54.1 Å². The topological polar surface area (TPSA) is 27.0 Å². The molecule has 0 aromatic heterocycles. The fourth-order valence-corrected chi connectivity index (χ4v) is 4.12. The zero-order chi connectivity index (χ0) is 17.8. The van der Waals surface area contributed by atoms with Crippen molar-refractivity contribution in [1.82, 2.24) is 4.90 Å². The molecule has 1 heterocycles. The highest BCUT2D eigenvalue weighted by Crippen LogP contribution is 2.38. The van der Waals surface area contributed by atoms with E-state index in [1.54, 1.807) is 5.57 Å². The Morgan fingerprint density at radius 3 is 2.00 bits per heavy atom. The number of nitriles is 1. The van der Waals surface area contributed by atoms with Gasteiger partial charge in [-0.3, -0.25) is 0 Å². The molecule has 0 atom stereocenters. The lowest BCUT2D eigenvalue weighted by atomic mass is 9.86. The first-order chi connectivity index (χ1) is 12.9. The largest absolute Gasteiger partial charge is 0.303 e. The molecule has 2 aliphatic rings. The standard InChI is InChI=1S/C24H24N2/c25-15-5-6-16-26-17-13-21(14-18-26)24-22-9-3-1-7-19(22)11-12-20-8-2-4-10-23(20)24/h1-4,7-12H,5-6,13-14,16-18H2. The summed E-state index contributed by atoms with van der Waals surface area (Å²) in [5, 5.41) is 8.74. The van der Waals surface area contributed by atoms with Gasteiger partial charge >= 0.3 is 0 Å². The van der Waals surface area contributed by atoms with E-state index in [9.17, 15) is 0 Å². The molecular weight excluding hydrogens is 316 g/mol. The van der Waals surface area contributed by atoms with Crippen LogP contribution in [0.1, 0.15) is 47.9 Å². The van der Waals surface area contributed by atoms with Crippen molar-refractivity contribution in [3.8, 4) is 6.07 Å². The average molecular weight is 340 g/mol. The Hall–Kier alpha value is -2.63. The minimum Gasteiger partial charge on any atom is -0.303 e. The van der Waals surface area contributed by atoms with Gasteiger partial charge in [0.2, 0.25) is 0 Å². The van der Waals surface area contributed by atoms with Crippen molar-refractivity contribution in [3.05, 3.63) is 76.4 Å². The molecule has 130 valence electrons. The van der Waals surface area contributed by atoms with Gasteiger partial charge < -0.3 is 4.90 Å². The summed E-state index contributed by atoms with van der Waals surface area (Å²) in [6.45, 7) is 3.24. The molecular formula is C24H24N2. The van der Waals surface area contributed by atoms with Gasteiger partial charge in [-0.2, -0.15) is 5.26 Å². The molecule has 2 nitrogen and oxygen atoms in total. The first-order valence-corrected chi connectivity index (χ1v) is 9.55. The predicted octanol–water partition coefficient (Wildman–Crippen LogP) is 5.37. The second-order valence-electron chi connectivity index (χ2n) is 7.09. The van der Waals surface area contributed by atoms with E-state index in [1.165, 1.54) is 27.8 Å². The van der Waals surface area contributed by atoms with E-state index in [0.717, 1.165) is 38.9 Å². The molecule has 0 spiro atoms. The minimum atomic E-state index is 0.664. The van der Waals surface area contributed by atoms with Crippen molar-refractivity contribution >= 4 is 17.7 Å². The molecule has 1 fully saturated rings. The van der Waals surface area contributed by atoms with E-state index < -0.39 is 0 Å². The van der Waals surface area contributed by atoms with Gasteiger partial charge in [-0.1, -0.05) is 66.3 Å². The first kappa shape index (κ1) is 16.8. The average Bonchev–Trinajstić information content (AvgIpc) is 2.86. The number of nitrogens with zero attached hydrogens (tertiary/aromatic N) is 2. The van der Waals surface area contributed by atoms with Crippen LogP contribution in [0, 0.1) is 11.3 Å². The van der Waals surface area contributed by atoms with Crippen molar-refractivity contribution in [3.63, 3.8) is 0 Å². The SMILES string of the molecule is N#CCCCN1CCC(=C2c3ccccc3C=Cc3ccccc32)CC1. The molecule has 0 unspecified atom stereocenters. The minimum absolute atomic E-state index is 0.664. The molecule has 2 aromatic carbocycles. The maximum absolute atomic E-state index is 8.74. The quantitative estimate of drug-likeness (QED) is 0.599. The summed E-state index contributed by atoms with van der Waals surface area (Å²) >= 11 is 0. The molecule has 0 amide bonds. The third-order valence-electron chi connectivity index (χ3n) is 5.48. The summed E-state index contributed by atoms with van der Waals surface area (Å²) in [6, 6.07) is 19.8. The summed E-state index contributed by atoms with van der Waals surface area (Å²) in [6.07, 6.45) is 8.38. The van der Waals surface area contributed by atoms with Crippen molar-refractivity contribution in [2.24, 2.45) is 0 Å². The second-order valence-corrected chi connectivity index (χ2v) is 7.09. The van der Waals surface area contributed by atoms with E-state index in [2.05, 4.69) is 71.7 Å². The Kier molecular flexibility index (Phi) is 5.00. The highest BCUT2D eigenvalue weighted by atomic mass is 15.1. The summed E-state index contributed by atoms with van der Waals surface area (Å²) in [4.78, 5) is 2.51. The third-order valence-corrected chi connectivity index (χ3v) is 5.48. The fraction of sp³-hybridized carbons (Fsp3) is 0.292. The lowest BCUT2D eigenvalue weighted by Gasteiger charge is -2.30. The lowest BCUT2D eigenvalue weighted by molar-refractivity contribution is 0.255. The number of rotatable bonds is 3. The number of likely N-dealkylation sites (tertiary alicyclic amines) is 1. The molecule has 4 rings (SSSR count). The highest BCUT2D eigenvalue weighted by molar-refractivity contribution is 5.94. The van der Waals surface area contributed by atoms with E-state index in [-0.39, 0.29) is 0 Å². The van der Waals surface area contributed by atoms with E-state index in [4.69, 9.17) is 5.26 Å². The fourth-order valence-electron chi connectivity index (χ4n) is 4.12. The normalized spacial score (nSPS) is 16.6. The zero-order valence-corrected chi connectivity index (χ0v) is 15.1. The van der Waals surface area contributed by atoms with Crippen LogP contribution in [0.3, 0.4) is 0 Å². The molecule has 1 aliphatic heterocycles. The van der Waals surface area contributed by atoms with Gasteiger partial charge in [-0.05, 0) is 53.6 Å². The number of hydrogen-bond acceptors (Lipinski definition) is 2. The number of piperidine rings is 1. The van der Waals surface area contributed by atoms with E-state index in [1.807, 2.05) is 0 Å². The number of unbranched alkanes of at least 4 members (excludes halogenated alkanes) is 1. The van der Waals surface area contributed by atoms with Gasteiger partial charge in [0, 0.05) is 19.5 Å². The van der Waals surface area contributed by atoms with Gasteiger partial charge in [0.05, 0.1) is 6.07 Å². The van der Waals surface area contributed by atoms with Crippen LogP contribution in [0.4, 0.5) is 0 Å². The molecule has 0 bridgehead atoms. The van der Waals surface area contributed by atoms with Crippen molar-refractivity contribution < 1.29 is 0 Å². The molecule has 1 aliphatic carbocycles. The molecule has 2 aromatic rings. The van der Waals surface area contributed by atoms with Crippen molar-refractivity contribution in [2.75, 3.05) is 19.6 Å². The van der Waals surface area contributed by atoms with E-state index >= 15 is 0 Å². The van der Waals surface area contributed by atoms with Gasteiger partial charge in [0.15, 0.2) is 0 Å². The predicted molar refractivity (Wildman–Crippen MR) is 108 cm³/mol. The van der Waals surface area contributed by atoms with Crippen LogP contribution in [-0.4, -0.2) is 24.5 Å². The maximum Gasteiger partial charge on any atom is 0.0622 e. The van der Waals surface area contributed by atoms with Crippen LogP contribution in [-0.2, 0) is 0 Å². The summed E-state index contributed by atoms with van der Waals surface area (Å²) < 4.78 is 0. The van der Waals surface area contributed by atoms with Crippen LogP contribution >= 0.6 is 0 Å². The highest BCUT2D eigenvalue weighted by Gasteiger charge is 2.22. The number of hydrogen-bond donors (Lipinski definition) is 0. The molecule has 26 heavy (non-hydrogen) atoms. The zero-order valence-electron chi connectivity index (χ0n) is 15.1. The van der Waals surface area contributed by atoms with Crippen molar-refractivity contribution in [1.29, 1.82) is 5.26 Å². The Morgan fingerprint density at radius 1 is 0.846 bits per heavy atom. The summed E-state index contributed by atoms with van der Waals surface area (Å²) in [5.74, 6) is 0. The summed E-state index contributed by atoms with van der Waals surface area (Å²) in [5.41, 5.74) is 8.36. The smallest absolute Gasteiger partial charge is 0.0622 e. The third kappa shape index (κ3) is 3.36. The van der Waals surface area contributed by atoms with Crippen molar-refractivity contribution in [2.45, 2.75) is 25.7 Å². The van der Waals surface area contributed by atoms with E-state index in [0.29, 0.717) is 6.42 Å². The Labute approximate surface area is 156 Å². The molecule has 1 saturated heterocycles. The second kappa shape index (κ2) is 7.72. The van der Waals surface area contributed by atoms with Crippen LogP contribution in [0.5, 0.6) is 0 Å². The van der Waals surface area contributed by atoms with Crippen LogP contribution in [0.2, 0.25) is 0 Å². The van der Waals surface area contributed by atoms with Crippen LogP contribution in [0.25, 0.3) is 17.7 Å². The first-order valence-electron chi connectivity index (χ1n) is 9.55. The summed E-state index contributed by atoms with van der Waals surface area (Å²) in [7, 11) is 0. The Balaban J connectivity index is 1.69.